The Balaban J connectivity index is 0.000000371. The van der Waals surface area contributed by atoms with Crippen LogP contribution in [0, 0.1) is 0 Å². The van der Waals surface area contributed by atoms with E-state index in [9.17, 15) is 0 Å². The lowest BCUT2D eigenvalue weighted by atomic mass is 10.3. The van der Waals surface area contributed by atoms with Crippen molar-refractivity contribution in [3.8, 4) is 0 Å². The van der Waals surface area contributed by atoms with Gasteiger partial charge >= 0.3 is 0 Å². The van der Waals surface area contributed by atoms with E-state index in [1.165, 1.54) is 0 Å². The molecule has 2 nitrogen and oxygen atoms in total. The Morgan fingerprint density at radius 3 is 2.50 bits per heavy atom. The number of hydrogen-bond acceptors (Lipinski definition) is 2. The van der Waals surface area contributed by atoms with Gasteiger partial charge in [0.25, 0.3) is 0 Å². The summed E-state index contributed by atoms with van der Waals surface area (Å²) in [5, 5.41) is 0. The summed E-state index contributed by atoms with van der Waals surface area (Å²) in [5.41, 5.74) is 6.39. The molecule has 1 aromatic rings. The van der Waals surface area contributed by atoms with E-state index >= 15 is 0 Å². The number of pyridine rings is 1. The molecule has 0 aliphatic carbocycles. The number of rotatable bonds is 1. The van der Waals surface area contributed by atoms with Gasteiger partial charge in [-0.3, -0.25) is 4.98 Å². The van der Waals surface area contributed by atoms with Crippen molar-refractivity contribution in [1.82, 2.24) is 4.98 Å². The van der Waals surface area contributed by atoms with Crippen LogP contribution in [0.5, 0.6) is 0 Å². The molecule has 2 heteroatoms. The van der Waals surface area contributed by atoms with Crippen molar-refractivity contribution >= 4 is 0 Å². The lowest BCUT2D eigenvalue weighted by Gasteiger charge is -1.89. The van der Waals surface area contributed by atoms with Gasteiger partial charge in [-0.15, -0.1) is 0 Å². The van der Waals surface area contributed by atoms with Crippen molar-refractivity contribution in [3.05, 3.63) is 30.1 Å². The van der Waals surface area contributed by atoms with Crippen LogP contribution in [-0.2, 0) is 6.54 Å². The average Bonchev–Trinajstić information content (AvgIpc) is 2.10. The first-order chi connectivity index (χ1) is 4.93. The Morgan fingerprint density at radius 1 is 1.50 bits per heavy atom. The number of nitrogens with two attached hydrogens (primary N) is 1. The third-order valence-corrected chi connectivity index (χ3v) is 0.958. The molecule has 0 unspecified atom stereocenters. The highest BCUT2D eigenvalue weighted by Gasteiger charge is 1.81. The Kier molecular flexibility index (Phi) is 5.68. The monoisotopic (exact) mass is 138 g/mol. The molecule has 1 heterocycles. The van der Waals surface area contributed by atoms with Crippen LogP contribution in [0.1, 0.15) is 19.4 Å². The van der Waals surface area contributed by atoms with E-state index in [0.717, 1.165) is 5.56 Å². The van der Waals surface area contributed by atoms with Crippen LogP contribution in [0.15, 0.2) is 24.5 Å². The lowest BCUT2D eigenvalue weighted by Crippen LogP contribution is -1.95. The van der Waals surface area contributed by atoms with Gasteiger partial charge in [0.1, 0.15) is 0 Å². The second-order valence-corrected chi connectivity index (χ2v) is 1.57. The molecule has 0 amide bonds. The first-order valence-corrected chi connectivity index (χ1v) is 3.52. The third-order valence-electron chi connectivity index (χ3n) is 0.958. The predicted molar refractivity (Wildman–Crippen MR) is 43.5 cm³/mol. The van der Waals surface area contributed by atoms with Gasteiger partial charge in [0.15, 0.2) is 0 Å². The van der Waals surface area contributed by atoms with Crippen molar-refractivity contribution < 1.29 is 0 Å². The van der Waals surface area contributed by atoms with Crippen molar-refractivity contribution in [1.29, 1.82) is 0 Å². The van der Waals surface area contributed by atoms with E-state index in [1.54, 1.807) is 12.4 Å². The molecule has 1 rings (SSSR count). The molecule has 0 atom stereocenters. The molecular formula is C8H14N2. The van der Waals surface area contributed by atoms with Crippen LogP contribution in [-0.4, -0.2) is 4.98 Å². The summed E-state index contributed by atoms with van der Waals surface area (Å²) in [7, 11) is 0. The summed E-state index contributed by atoms with van der Waals surface area (Å²) in [4.78, 5) is 3.88. The summed E-state index contributed by atoms with van der Waals surface area (Å²) >= 11 is 0. The molecule has 0 aliphatic heterocycles. The zero-order valence-electron chi connectivity index (χ0n) is 6.54. The Bertz CT molecular complexity index is 149. The van der Waals surface area contributed by atoms with Crippen molar-refractivity contribution in [2.24, 2.45) is 5.73 Å². The van der Waals surface area contributed by atoms with Crippen molar-refractivity contribution in [2.45, 2.75) is 20.4 Å². The normalized spacial score (nSPS) is 7.90. The maximum absolute atomic E-state index is 5.31. The maximum atomic E-state index is 5.31. The van der Waals surface area contributed by atoms with Gasteiger partial charge in [-0.1, -0.05) is 19.9 Å². The minimum Gasteiger partial charge on any atom is -0.326 e. The smallest absolute Gasteiger partial charge is 0.0312 e. The molecule has 0 aliphatic rings. The summed E-state index contributed by atoms with van der Waals surface area (Å²) in [6.45, 7) is 4.58. The molecule has 0 spiro atoms. The highest BCUT2D eigenvalue weighted by Crippen LogP contribution is 1.90. The highest BCUT2D eigenvalue weighted by molar-refractivity contribution is 5.06. The van der Waals surface area contributed by atoms with Crippen LogP contribution in [0.4, 0.5) is 0 Å². The minimum absolute atomic E-state index is 0.577. The first kappa shape index (κ1) is 9.11. The molecule has 0 saturated heterocycles. The second kappa shape index (κ2) is 6.23. The highest BCUT2D eigenvalue weighted by atomic mass is 14.6. The van der Waals surface area contributed by atoms with E-state index in [1.807, 2.05) is 26.0 Å². The summed E-state index contributed by atoms with van der Waals surface area (Å²) in [5.74, 6) is 0. The molecular weight excluding hydrogens is 124 g/mol. The van der Waals surface area contributed by atoms with E-state index < -0.39 is 0 Å². The molecule has 10 heavy (non-hydrogen) atoms. The zero-order valence-corrected chi connectivity index (χ0v) is 6.54. The summed E-state index contributed by atoms with van der Waals surface area (Å²) in [6, 6.07) is 3.83. The van der Waals surface area contributed by atoms with Gasteiger partial charge in [-0.05, 0) is 11.6 Å². The number of hydrogen-bond donors (Lipinski definition) is 1. The minimum atomic E-state index is 0.577. The molecule has 56 valence electrons. The van der Waals surface area contributed by atoms with Crippen LogP contribution in [0.25, 0.3) is 0 Å². The first-order valence-electron chi connectivity index (χ1n) is 3.52. The van der Waals surface area contributed by atoms with Gasteiger partial charge in [0.05, 0.1) is 0 Å². The van der Waals surface area contributed by atoms with Crippen LogP contribution in [0.2, 0.25) is 0 Å². The van der Waals surface area contributed by atoms with Crippen LogP contribution in [0.3, 0.4) is 0 Å². The van der Waals surface area contributed by atoms with Gasteiger partial charge < -0.3 is 5.73 Å². The molecule has 0 bridgehead atoms. The Labute approximate surface area is 62.1 Å². The quantitative estimate of drug-likeness (QED) is 0.639. The Hall–Kier alpha value is -0.890. The lowest BCUT2D eigenvalue weighted by molar-refractivity contribution is 1.05. The second-order valence-electron chi connectivity index (χ2n) is 1.57. The number of nitrogens with zero attached hydrogens (tertiary/aromatic N) is 1. The zero-order chi connectivity index (χ0) is 7.82. The topological polar surface area (TPSA) is 38.9 Å². The van der Waals surface area contributed by atoms with E-state index in [-0.39, 0.29) is 0 Å². The third kappa shape index (κ3) is 3.20. The SMILES string of the molecule is CC.NCc1cccnc1. The molecule has 2 N–H and O–H groups in total. The van der Waals surface area contributed by atoms with Crippen molar-refractivity contribution in [2.75, 3.05) is 0 Å². The fourth-order valence-electron chi connectivity index (χ4n) is 0.519. The number of aromatic nitrogens is 1. The standard InChI is InChI=1S/C6H8N2.C2H6/c7-4-6-2-1-3-8-5-6;1-2/h1-3,5H,4,7H2;1-2H3. The maximum Gasteiger partial charge on any atom is 0.0312 e. The van der Waals surface area contributed by atoms with E-state index in [0.29, 0.717) is 6.54 Å². The van der Waals surface area contributed by atoms with Crippen LogP contribution < -0.4 is 5.73 Å². The molecule has 0 saturated carbocycles. The van der Waals surface area contributed by atoms with Crippen LogP contribution >= 0.6 is 0 Å². The molecule has 1 aromatic heterocycles. The molecule has 0 aromatic carbocycles. The average molecular weight is 138 g/mol. The van der Waals surface area contributed by atoms with Gasteiger partial charge in [-0.2, -0.15) is 0 Å². The van der Waals surface area contributed by atoms with E-state index in [2.05, 4.69) is 4.98 Å². The summed E-state index contributed by atoms with van der Waals surface area (Å²) < 4.78 is 0. The summed E-state index contributed by atoms with van der Waals surface area (Å²) in [6.07, 6.45) is 3.50. The van der Waals surface area contributed by atoms with Crippen molar-refractivity contribution in [3.63, 3.8) is 0 Å². The molecule has 0 radical (unpaired) electrons. The van der Waals surface area contributed by atoms with E-state index in [4.69, 9.17) is 5.73 Å². The van der Waals surface area contributed by atoms with Gasteiger partial charge in [-0.25, -0.2) is 0 Å². The Morgan fingerprint density at radius 2 is 2.20 bits per heavy atom. The molecule has 0 fully saturated rings. The van der Waals surface area contributed by atoms with Gasteiger partial charge in [0.2, 0.25) is 0 Å². The predicted octanol–water partition coefficient (Wildman–Crippen LogP) is 1.57. The fourth-order valence-corrected chi connectivity index (χ4v) is 0.519. The van der Waals surface area contributed by atoms with Gasteiger partial charge in [0, 0.05) is 18.9 Å². The largest absolute Gasteiger partial charge is 0.326 e. The fraction of sp³-hybridized carbons (Fsp3) is 0.375.